The second kappa shape index (κ2) is 23.1. The van der Waals surface area contributed by atoms with Gasteiger partial charge in [0.2, 0.25) is 35.9 Å². The predicted octanol–water partition coefficient (Wildman–Crippen LogP) is 4.87. The first-order chi connectivity index (χ1) is 31.2. The molecule has 16 nitrogen and oxygen atoms in total. The van der Waals surface area contributed by atoms with E-state index in [0.29, 0.717) is 55.0 Å². The summed E-state index contributed by atoms with van der Waals surface area (Å²) < 4.78 is 6.20. The van der Waals surface area contributed by atoms with Gasteiger partial charge in [0.15, 0.2) is 0 Å². The number of nitrogens with two attached hydrogens (primary N) is 2. The van der Waals surface area contributed by atoms with Gasteiger partial charge >= 0.3 is 0 Å². The van der Waals surface area contributed by atoms with E-state index in [2.05, 4.69) is 15.6 Å². The van der Waals surface area contributed by atoms with Gasteiger partial charge in [-0.15, -0.1) is 11.3 Å². The molecule has 1 aromatic heterocycles. The van der Waals surface area contributed by atoms with Gasteiger partial charge in [0.1, 0.15) is 30.6 Å². The lowest BCUT2D eigenvalue weighted by atomic mass is 9.85. The number of benzene rings is 2. The van der Waals surface area contributed by atoms with Crippen LogP contribution >= 0.6 is 22.9 Å². The second-order valence-electron chi connectivity index (χ2n) is 18.9. The Hall–Kier alpha value is -5.10. The number of hydrogen-bond acceptors (Lipinski definition) is 11. The van der Waals surface area contributed by atoms with Gasteiger partial charge < -0.3 is 46.6 Å². The van der Waals surface area contributed by atoms with Crippen LogP contribution in [0.2, 0.25) is 5.02 Å². The van der Waals surface area contributed by atoms with Gasteiger partial charge in [-0.2, -0.15) is 0 Å². The number of aliphatic hydroxyl groups is 1. The molecule has 2 fully saturated rings. The van der Waals surface area contributed by atoms with Crippen molar-refractivity contribution < 1.29 is 38.6 Å². The third kappa shape index (κ3) is 13.1. The Labute approximate surface area is 397 Å². The van der Waals surface area contributed by atoms with Crippen molar-refractivity contribution in [3.05, 3.63) is 69.8 Å². The van der Waals surface area contributed by atoms with E-state index in [4.69, 9.17) is 27.8 Å². The van der Waals surface area contributed by atoms with Crippen molar-refractivity contribution in [3.8, 4) is 16.2 Å². The van der Waals surface area contributed by atoms with Crippen LogP contribution in [0.3, 0.4) is 0 Å². The van der Waals surface area contributed by atoms with Crippen molar-refractivity contribution in [2.24, 2.45) is 22.8 Å². The third-order valence-electron chi connectivity index (χ3n) is 12.5. The minimum atomic E-state index is -0.985. The second-order valence-corrected chi connectivity index (χ2v) is 20.1. The first kappa shape index (κ1) is 51.9. The van der Waals surface area contributed by atoms with Gasteiger partial charge in [0.25, 0.3) is 0 Å². The summed E-state index contributed by atoms with van der Waals surface area (Å²) in [6, 6.07) is 9.53. The average molecular weight is 952 g/mol. The summed E-state index contributed by atoms with van der Waals surface area (Å²) in [5, 5.41) is 17.0. The van der Waals surface area contributed by atoms with Crippen LogP contribution in [0.25, 0.3) is 10.4 Å². The molecular formula is C48H67ClN8O8S. The highest BCUT2D eigenvalue weighted by molar-refractivity contribution is 7.13. The van der Waals surface area contributed by atoms with Gasteiger partial charge in [-0.25, -0.2) is 4.98 Å². The number of aryl methyl sites for hydroxylation is 2. The molecule has 2 saturated heterocycles. The minimum absolute atomic E-state index is 0.0118. The van der Waals surface area contributed by atoms with Crippen LogP contribution in [0, 0.1) is 18.3 Å². The lowest BCUT2D eigenvalue weighted by molar-refractivity contribution is -0.144. The zero-order valence-electron chi connectivity index (χ0n) is 39.1. The van der Waals surface area contributed by atoms with Crippen LogP contribution in [-0.4, -0.2) is 117 Å². The maximum Gasteiger partial charge on any atom is 0.246 e. The number of primary amides is 1. The fourth-order valence-corrected chi connectivity index (χ4v) is 9.64. The summed E-state index contributed by atoms with van der Waals surface area (Å²) in [4.78, 5) is 89.2. The summed E-state index contributed by atoms with van der Waals surface area (Å²) in [6.45, 7) is 13.4. The lowest BCUT2D eigenvalue weighted by Crippen LogP contribution is -2.57. The average Bonchev–Trinajstić information content (AvgIpc) is 4.03. The largest absolute Gasteiger partial charge is 0.490 e. The highest BCUT2D eigenvalue weighted by Crippen LogP contribution is 2.33. The van der Waals surface area contributed by atoms with Crippen LogP contribution in [0.15, 0.2) is 48.0 Å². The van der Waals surface area contributed by atoms with E-state index in [1.807, 2.05) is 78.8 Å². The SMILES string of the molecule is Cc1ncsc1-c1ccc([C@H](C)NC(=O)[C@@H]2C[C@@H](O)CN2C(=O)[C@@H](NC(=O)CCCc2cccc(OC[C@H](CCC(N)=O)N(C=O)[C@@H]3CCCN3C(=O)[C@@H](N)C(C)C)c2Cl)C(C)(C)C)cc1. The quantitative estimate of drug-likeness (QED) is 0.0911. The number of nitrogens with one attached hydrogen (secondary N) is 2. The maximum atomic E-state index is 14.2. The predicted molar refractivity (Wildman–Crippen MR) is 254 cm³/mol. The molecule has 0 saturated carbocycles. The first-order valence-corrected chi connectivity index (χ1v) is 24.0. The van der Waals surface area contributed by atoms with E-state index >= 15 is 0 Å². The number of thiazole rings is 1. The van der Waals surface area contributed by atoms with Crippen molar-refractivity contribution in [3.63, 3.8) is 0 Å². The number of nitrogens with zero attached hydrogens (tertiary/aromatic N) is 4. The van der Waals surface area contributed by atoms with E-state index in [9.17, 15) is 33.9 Å². The molecule has 7 atom stereocenters. The molecule has 360 valence electrons. The van der Waals surface area contributed by atoms with Crippen molar-refractivity contribution in [2.45, 2.75) is 142 Å². The lowest BCUT2D eigenvalue weighted by Gasteiger charge is -2.39. The van der Waals surface area contributed by atoms with Gasteiger partial charge in [-0.3, -0.25) is 28.8 Å². The minimum Gasteiger partial charge on any atom is -0.490 e. The van der Waals surface area contributed by atoms with Crippen molar-refractivity contribution >= 4 is 58.9 Å². The number of likely N-dealkylation sites (tertiary alicyclic amines) is 2. The number of aromatic nitrogens is 1. The number of aliphatic hydroxyl groups excluding tert-OH is 1. The Bertz CT molecular complexity index is 2180. The molecule has 3 aromatic rings. The van der Waals surface area contributed by atoms with Crippen LogP contribution < -0.4 is 26.8 Å². The summed E-state index contributed by atoms with van der Waals surface area (Å²) in [6.07, 6.45) is 1.51. The van der Waals surface area contributed by atoms with Gasteiger partial charge in [0.05, 0.1) is 45.3 Å². The molecule has 2 aliphatic heterocycles. The van der Waals surface area contributed by atoms with Crippen molar-refractivity contribution in [2.75, 3.05) is 19.7 Å². The number of ether oxygens (including phenoxy) is 1. The normalized spacial score (nSPS) is 19.2. The number of carbonyl (C=O) groups is 6. The molecule has 0 radical (unpaired) electrons. The van der Waals surface area contributed by atoms with E-state index in [1.165, 1.54) is 9.80 Å². The highest BCUT2D eigenvalue weighted by Gasteiger charge is 2.45. The number of hydrogen-bond donors (Lipinski definition) is 5. The number of amides is 6. The third-order valence-corrected chi connectivity index (χ3v) is 13.9. The standard InChI is InChI=1S/C48H67ClN8O8S/c1-28(2)42(51)46(63)55-22-10-15-40(55)57(27-58)34(20-21-38(50)60)25-65-37-13-8-11-32(41(37)49)12-9-14-39(61)54-44(48(5,6)7)47(64)56-24-35(59)23-36(56)45(62)53-29(3)31-16-18-33(19-17-31)43-30(4)52-26-66-43/h8,11,13,16-19,26-29,34-36,40,42,44,59H,9-10,12,14-15,20-25,51H2,1-7H3,(H2,50,60)(H,53,62)(H,54,61)/t29-,34-,35+,36-,40+,42-,44+/m0/s1. The van der Waals surface area contributed by atoms with Crippen LogP contribution in [0.4, 0.5) is 0 Å². The van der Waals surface area contributed by atoms with E-state index in [0.717, 1.165) is 21.7 Å². The molecule has 0 unspecified atom stereocenters. The summed E-state index contributed by atoms with van der Waals surface area (Å²) >= 11 is 8.42. The van der Waals surface area contributed by atoms with E-state index in [-0.39, 0.29) is 62.6 Å². The van der Waals surface area contributed by atoms with E-state index < -0.39 is 59.6 Å². The molecule has 0 spiro atoms. The molecule has 0 aliphatic carbocycles. The topological polar surface area (TPSA) is 231 Å². The van der Waals surface area contributed by atoms with Crippen LogP contribution in [0.5, 0.6) is 5.75 Å². The summed E-state index contributed by atoms with van der Waals surface area (Å²) in [5.41, 5.74) is 16.4. The van der Waals surface area contributed by atoms with Crippen molar-refractivity contribution in [1.82, 2.24) is 30.3 Å². The van der Waals surface area contributed by atoms with Crippen LogP contribution in [0.1, 0.15) is 109 Å². The van der Waals surface area contributed by atoms with Gasteiger partial charge in [0, 0.05) is 32.4 Å². The smallest absolute Gasteiger partial charge is 0.246 e. The number of carbonyl (C=O) groups excluding carboxylic acids is 6. The zero-order chi connectivity index (χ0) is 48.5. The van der Waals surface area contributed by atoms with Gasteiger partial charge in [-0.1, -0.05) is 82.6 Å². The van der Waals surface area contributed by atoms with Crippen LogP contribution in [-0.2, 0) is 35.2 Å². The molecule has 2 aliphatic rings. The van der Waals surface area contributed by atoms with E-state index in [1.54, 1.807) is 33.9 Å². The number of β-amino-alcohol motifs (C(OH)–C–C–N with tert-alkyl or cyclic N) is 1. The molecule has 5 rings (SSSR count). The maximum absolute atomic E-state index is 14.2. The summed E-state index contributed by atoms with van der Waals surface area (Å²) in [5.74, 6) is -1.74. The Morgan fingerprint density at radius 1 is 1.05 bits per heavy atom. The molecule has 3 heterocycles. The number of rotatable bonds is 21. The molecule has 0 bridgehead atoms. The fourth-order valence-electron chi connectivity index (χ4n) is 8.55. The summed E-state index contributed by atoms with van der Waals surface area (Å²) in [7, 11) is 0. The Morgan fingerprint density at radius 2 is 1.76 bits per heavy atom. The Balaban J connectivity index is 1.18. The fraction of sp³-hybridized carbons (Fsp3) is 0.562. The molecule has 6 amide bonds. The van der Waals surface area contributed by atoms with Gasteiger partial charge in [-0.05, 0) is 80.0 Å². The highest BCUT2D eigenvalue weighted by atomic mass is 35.5. The zero-order valence-corrected chi connectivity index (χ0v) is 40.7. The molecule has 66 heavy (non-hydrogen) atoms. The molecular weight excluding hydrogens is 884 g/mol. The number of halogens is 1. The Kier molecular flexibility index (Phi) is 18.1. The molecule has 2 aromatic carbocycles. The molecule has 18 heteroatoms. The monoisotopic (exact) mass is 950 g/mol. The molecule has 7 N–H and O–H groups in total. The Morgan fingerprint density at radius 3 is 2.38 bits per heavy atom. The first-order valence-electron chi connectivity index (χ1n) is 22.8. The van der Waals surface area contributed by atoms with Crippen molar-refractivity contribution in [1.29, 1.82) is 0 Å².